The van der Waals surface area contributed by atoms with Gasteiger partial charge in [-0.25, -0.2) is 0 Å². The van der Waals surface area contributed by atoms with Gasteiger partial charge in [-0.3, -0.25) is 9.89 Å². The number of hydrogen-bond donors (Lipinski definition) is 2. The fraction of sp³-hybridized carbons (Fsp3) is 0.238. The van der Waals surface area contributed by atoms with E-state index in [1.807, 2.05) is 36.4 Å². The van der Waals surface area contributed by atoms with E-state index in [1.54, 1.807) is 6.07 Å². The van der Waals surface area contributed by atoms with Crippen LogP contribution in [0.3, 0.4) is 0 Å². The molecule has 1 fully saturated rings. The van der Waals surface area contributed by atoms with Gasteiger partial charge in [-0.1, -0.05) is 48.5 Å². The number of benzene rings is 2. The number of para-hydroxylation sites is 1. The number of anilines is 1. The van der Waals surface area contributed by atoms with Gasteiger partial charge in [0.2, 0.25) is 0 Å². The molecule has 1 atom stereocenters. The zero-order chi connectivity index (χ0) is 17.8. The van der Waals surface area contributed by atoms with E-state index in [4.69, 9.17) is 0 Å². The molecule has 0 saturated carbocycles. The van der Waals surface area contributed by atoms with Crippen molar-refractivity contribution in [2.24, 2.45) is 0 Å². The summed E-state index contributed by atoms with van der Waals surface area (Å²) in [6, 6.07) is 22.4. The van der Waals surface area contributed by atoms with Crippen molar-refractivity contribution in [3.8, 4) is 11.3 Å². The number of H-pyrrole nitrogens is 1. The minimum Gasteiger partial charge on any atom is -0.367 e. The molecule has 1 aliphatic heterocycles. The van der Waals surface area contributed by atoms with Gasteiger partial charge < -0.3 is 10.2 Å². The lowest BCUT2D eigenvalue weighted by atomic mass is 10.1. The van der Waals surface area contributed by atoms with E-state index in [9.17, 15) is 4.79 Å². The normalized spacial score (nSPS) is 16.6. The monoisotopic (exact) mass is 346 g/mol. The number of amides is 1. The molecular formula is C21H22N4O. The number of hydrogen-bond acceptors (Lipinski definition) is 3. The molecule has 0 spiro atoms. The third kappa shape index (κ3) is 3.47. The predicted octanol–water partition coefficient (Wildman–Crippen LogP) is 3.48. The van der Waals surface area contributed by atoms with Crippen LogP contribution in [0.25, 0.3) is 11.3 Å². The summed E-state index contributed by atoms with van der Waals surface area (Å²) in [5.41, 5.74) is 3.49. The van der Waals surface area contributed by atoms with Gasteiger partial charge in [0.15, 0.2) is 0 Å². The molecule has 0 unspecified atom stereocenters. The maximum Gasteiger partial charge on any atom is 0.269 e. The number of aromatic amines is 1. The third-order valence-electron chi connectivity index (χ3n) is 4.86. The molecule has 5 nitrogen and oxygen atoms in total. The highest BCUT2D eigenvalue weighted by molar-refractivity contribution is 5.93. The van der Waals surface area contributed by atoms with Gasteiger partial charge in [0, 0.05) is 30.4 Å². The van der Waals surface area contributed by atoms with E-state index in [-0.39, 0.29) is 5.91 Å². The van der Waals surface area contributed by atoms with E-state index in [0.29, 0.717) is 18.3 Å². The van der Waals surface area contributed by atoms with Crippen LogP contribution in [0.4, 0.5) is 5.69 Å². The summed E-state index contributed by atoms with van der Waals surface area (Å²) in [4.78, 5) is 14.9. The number of aromatic nitrogens is 2. The Bertz CT molecular complexity index is 860. The van der Waals surface area contributed by atoms with Gasteiger partial charge in [-0.2, -0.15) is 5.10 Å². The van der Waals surface area contributed by atoms with Crippen molar-refractivity contribution in [2.75, 3.05) is 18.0 Å². The molecule has 1 amide bonds. The van der Waals surface area contributed by atoms with Crippen molar-refractivity contribution in [2.45, 2.75) is 18.9 Å². The number of carbonyl (C=O) groups is 1. The largest absolute Gasteiger partial charge is 0.367 e. The molecule has 0 bridgehead atoms. The zero-order valence-electron chi connectivity index (χ0n) is 14.6. The first-order valence-corrected chi connectivity index (χ1v) is 9.02. The van der Waals surface area contributed by atoms with Gasteiger partial charge in [0.1, 0.15) is 5.69 Å². The maximum absolute atomic E-state index is 12.5. The lowest BCUT2D eigenvalue weighted by Crippen LogP contribution is -2.40. The number of carbonyl (C=O) groups excluding carboxylic acids is 1. The molecule has 132 valence electrons. The summed E-state index contributed by atoms with van der Waals surface area (Å²) in [7, 11) is 0. The minimum absolute atomic E-state index is 0.111. The minimum atomic E-state index is -0.111. The van der Waals surface area contributed by atoms with Crippen molar-refractivity contribution in [1.82, 2.24) is 15.5 Å². The smallest absolute Gasteiger partial charge is 0.269 e. The van der Waals surface area contributed by atoms with Gasteiger partial charge in [0.25, 0.3) is 5.91 Å². The van der Waals surface area contributed by atoms with E-state index in [0.717, 1.165) is 30.6 Å². The van der Waals surface area contributed by atoms with Crippen LogP contribution >= 0.6 is 0 Å². The Hall–Kier alpha value is -3.08. The van der Waals surface area contributed by atoms with Crippen LogP contribution in [-0.2, 0) is 0 Å². The Morgan fingerprint density at radius 2 is 1.85 bits per heavy atom. The van der Waals surface area contributed by atoms with E-state index in [2.05, 4.69) is 44.7 Å². The van der Waals surface area contributed by atoms with Crippen molar-refractivity contribution in [1.29, 1.82) is 0 Å². The second-order valence-electron chi connectivity index (χ2n) is 6.57. The lowest BCUT2D eigenvalue weighted by Gasteiger charge is -2.27. The fourth-order valence-electron chi connectivity index (χ4n) is 3.51. The van der Waals surface area contributed by atoms with Crippen molar-refractivity contribution in [3.63, 3.8) is 0 Å². The molecular weight excluding hydrogens is 324 g/mol. The van der Waals surface area contributed by atoms with Crippen molar-refractivity contribution in [3.05, 3.63) is 72.4 Å². The standard InChI is InChI=1S/C21H22N4O/c26-21(20-14-19(23-24-20)16-8-3-1-4-9-16)22-15-18-12-7-13-25(18)17-10-5-2-6-11-17/h1-6,8-11,14,18H,7,12-13,15H2,(H,22,26)(H,23,24)/t18-/m0/s1. The Labute approximate surface area is 153 Å². The van der Waals surface area contributed by atoms with Crippen LogP contribution in [0.15, 0.2) is 66.7 Å². The Kier molecular flexibility index (Phi) is 4.69. The maximum atomic E-state index is 12.5. The zero-order valence-corrected chi connectivity index (χ0v) is 14.6. The van der Waals surface area contributed by atoms with Gasteiger partial charge in [-0.15, -0.1) is 0 Å². The fourth-order valence-corrected chi connectivity index (χ4v) is 3.51. The highest BCUT2D eigenvalue weighted by Gasteiger charge is 2.25. The SMILES string of the molecule is O=C(NC[C@@H]1CCCN1c1ccccc1)c1cc(-c2ccccc2)n[nH]1. The molecule has 26 heavy (non-hydrogen) atoms. The van der Waals surface area contributed by atoms with Gasteiger partial charge in [0.05, 0.1) is 5.69 Å². The van der Waals surface area contributed by atoms with E-state index in [1.165, 1.54) is 5.69 Å². The van der Waals surface area contributed by atoms with Crippen LogP contribution in [0, 0.1) is 0 Å². The number of rotatable bonds is 5. The lowest BCUT2D eigenvalue weighted by molar-refractivity contribution is 0.0946. The molecule has 5 heteroatoms. The molecule has 1 aromatic heterocycles. The average molecular weight is 346 g/mol. The summed E-state index contributed by atoms with van der Waals surface area (Å²) in [5, 5.41) is 10.2. The van der Waals surface area contributed by atoms with Crippen molar-refractivity contribution >= 4 is 11.6 Å². The quantitative estimate of drug-likeness (QED) is 0.743. The molecule has 3 aromatic rings. The predicted molar refractivity (Wildman–Crippen MR) is 103 cm³/mol. The molecule has 4 rings (SSSR count). The topological polar surface area (TPSA) is 61.0 Å². The van der Waals surface area contributed by atoms with Crippen molar-refractivity contribution < 1.29 is 4.79 Å². The molecule has 2 aromatic carbocycles. The Morgan fingerprint density at radius 1 is 1.12 bits per heavy atom. The highest BCUT2D eigenvalue weighted by Crippen LogP contribution is 2.24. The highest BCUT2D eigenvalue weighted by atomic mass is 16.1. The van der Waals surface area contributed by atoms with Crippen LogP contribution in [0.5, 0.6) is 0 Å². The first kappa shape index (κ1) is 16.4. The van der Waals surface area contributed by atoms with Crippen LogP contribution < -0.4 is 10.2 Å². The van der Waals surface area contributed by atoms with E-state index < -0.39 is 0 Å². The second-order valence-corrected chi connectivity index (χ2v) is 6.57. The number of nitrogens with one attached hydrogen (secondary N) is 2. The van der Waals surface area contributed by atoms with Crippen LogP contribution in [0.1, 0.15) is 23.3 Å². The average Bonchev–Trinajstić information content (AvgIpc) is 3.37. The Balaban J connectivity index is 1.39. The Morgan fingerprint density at radius 3 is 2.62 bits per heavy atom. The first-order valence-electron chi connectivity index (χ1n) is 9.02. The summed E-state index contributed by atoms with van der Waals surface area (Å²) in [6.45, 7) is 1.67. The summed E-state index contributed by atoms with van der Waals surface area (Å²) in [6.07, 6.45) is 2.24. The molecule has 0 radical (unpaired) electrons. The molecule has 2 heterocycles. The van der Waals surface area contributed by atoms with E-state index >= 15 is 0 Å². The van der Waals surface area contributed by atoms with Crippen LogP contribution in [-0.4, -0.2) is 35.2 Å². The molecule has 1 aliphatic rings. The molecule has 1 saturated heterocycles. The summed E-state index contributed by atoms with van der Waals surface area (Å²) < 4.78 is 0. The first-order chi connectivity index (χ1) is 12.8. The second kappa shape index (κ2) is 7.44. The third-order valence-corrected chi connectivity index (χ3v) is 4.86. The van der Waals surface area contributed by atoms with Crippen LogP contribution in [0.2, 0.25) is 0 Å². The number of nitrogens with zero attached hydrogens (tertiary/aromatic N) is 2. The summed E-state index contributed by atoms with van der Waals surface area (Å²) in [5.74, 6) is -0.111. The molecule has 0 aliphatic carbocycles. The van der Waals surface area contributed by atoms with Gasteiger partial charge >= 0.3 is 0 Å². The van der Waals surface area contributed by atoms with Gasteiger partial charge in [-0.05, 0) is 31.0 Å². The molecule has 2 N–H and O–H groups in total. The summed E-state index contributed by atoms with van der Waals surface area (Å²) >= 11 is 0.